The molecule has 18 heavy (non-hydrogen) atoms. The van der Waals surface area contributed by atoms with Crippen LogP contribution >= 0.6 is 11.3 Å². The number of carbonyl (C=O) groups is 2. The van der Waals surface area contributed by atoms with E-state index in [0.29, 0.717) is 18.7 Å². The fraction of sp³-hybridized carbons (Fsp3) is 0.583. The smallest absolute Gasteiger partial charge is 0.407 e. The highest BCUT2D eigenvalue weighted by molar-refractivity contribution is 7.09. The maximum Gasteiger partial charge on any atom is 0.407 e. The first-order valence-corrected chi connectivity index (χ1v) is 6.58. The van der Waals surface area contributed by atoms with Gasteiger partial charge in [-0.15, -0.1) is 11.3 Å². The number of aromatic nitrogens is 1. The van der Waals surface area contributed by atoms with Crippen LogP contribution in [0.25, 0.3) is 0 Å². The Kier molecular flexibility index (Phi) is 4.84. The maximum atomic E-state index is 11.4. The number of nitrogens with zero attached hydrogens (tertiary/aromatic N) is 1. The topological polar surface area (TPSA) is 68.3 Å². The fourth-order valence-corrected chi connectivity index (χ4v) is 2.01. The van der Waals surface area contributed by atoms with Crippen LogP contribution in [-0.2, 0) is 11.2 Å². The monoisotopic (exact) mass is 270 g/mol. The van der Waals surface area contributed by atoms with Crippen molar-refractivity contribution in [3.63, 3.8) is 0 Å². The number of alkyl carbamates (subject to hydrolysis) is 1. The molecule has 100 valence electrons. The summed E-state index contributed by atoms with van der Waals surface area (Å²) in [5, 5.41) is 5.20. The average molecular weight is 270 g/mol. The summed E-state index contributed by atoms with van der Waals surface area (Å²) in [5.74, 6) is -0.0439. The van der Waals surface area contributed by atoms with E-state index in [1.54, 1.807) is 5.38 Å². The average Bonchev–Trinajstić information content (AvgIpc) is 2.63. The van der Waals surface area contributed by atoms with Crippen molar-refractivity contribution < 1.29 is 14.3 Å². The maximum absolute atomic E-state index is 11.4. The van der Waals surface area contributed by atoms with Crippen LogP contribution in [0.3, 0.4) is 0 Å². The highest BCUT2D eigenvalue weighted by Crippen LogP contribution is 2.11. The zero-order chi connectivity index (χ0) is 13.8. The zero-order valence-electron chi connectivity index (χ0n) is 11.1. The number of hydrogen-bond acceptors (Lipinski definition) is 5. The van der Waals surface area contributed by atoms with Crippen LogP contribution in [0.4, 0.5) is 4.79 Å². The van der Waals surface area contributed by atoms with Gasteiger partial charge in [-0.05, 0) is 20.8 Å². The van der Waals surface area contributed by atoms with E-state index < -0.39 is 11.7 Å². The van der Waals surface area contributed by atoms with Gasteiger partial charge in [-0.25, -0.2) is 9.78 Å². The van der Waals surface area contributed by atoms with Gasteiger partial charge in [0.1, 0.15) is 11.3 Å². The van der Waals surface area contributed by atoms with Crippen molar-refractivity contribution in [2.24, 2.45) is 0 Å². The minimum absolute atomic E-state index is 0.0439. The van der Waals surface area contributed by atoms with Gasteiger partial charge in [0.05, 0.1) is 5.01 Å². The molecule has 0 radical (unpaired) electrons. The second kappa shape index (κ2) is 5.95. The van der Waals surface area contributed by atoms with E-state index in [1.807, 2.05) is 20.8 Å². The third-order valence-electron chi connectivity index (χ3n) is 1.92. The second-order valence-corrected chi connectivity index (χ2v) is 5.80. The molecule has 1 aromatic heterocycles. The standard InChI is InChI=1S/C12H18N2O3S/c1-8(15)9-7-18-10(14-9)5-6-13-11(16)17-12(2,3)4/h7H,5-6H2,1-4H3,(H,13,16). The molecule has 0 unspecified atom stereocenters. The summed E-state index contributed by atoms with van der Waals surface area (Å²) in [6.45, 7) is 7.36. The van der Waals surface area contributed by atoms with Crippen LogP contribution < -0.4 is 5.32 Å². The van der Waals surface area contributed by atoms with Crippen molar-refractivity contribution in [1.29, 1.82) is 0 Å². The summed E-state index contributed by atoms with van der Waals surface area (Å²) < 4.78 is 5.10. The summed E-state index contributed by atoms with van der Waals surface area (Å²) in [5.41, 5.74) is -0.0140. The number of rotatable bonds is 4. The number of Topliss-reactive ketones (excluding diaryl/α,β-unsaturated/α-hetero) is 1. The Bertz CT molecular complexity index is 435. The third kappa shape index (κ3) is 5.27. The predicted octanol–water partition coefficient (Wildman–Crippen LogP) is 2.41. The zero-order valence-corrected chi connectivity index (χ0v) is 11.9. The number of ketones is 1. The van der Waals surface area contributed by atoms with Gasteiger partial charge in [0, 0.05) is 25.3 Å². The van der Waals surface area contributed by atoms with Gasteiger partial charge in [0.15, 0.2) is 5.78 Å². The fourth-order valence-electron chi connectivity index (χ4n) is 1.17. The quantitative estimate of drug-likeness (QED) is 0.853. The number of nitrogens with one attached hydrogen (secondary N) is 1. The molecule has 0 aliphatic heterocycles. The summed E-state index contributed by atoms with van der Waals surface area (Å²) in [7, 11) is 0. The first-order chi connectivity index (χ1) is 8.28. The highest BCUT2D eigenvalue weighted by Gasteiger charge is 2.15. The molecule has 0 spiro atoms. The molecule has 0 fully saturated rings. The molecule has 0 saturated carbocycles. The summed E-state index contributed by atoms with van der Waals surface area (Å²) in [6.07, 6.45) is 0.155. The van der Waals surface area contributed by atoms with Gasteiger partial charge < -0.3 is 10.1 Å². The van der Waals surface area contributed by atoms with Crippen molar-refractivity contribution in [2.45, 2.75) is 39.7 Å². The first-order valence-electron chi connectivity index (χ1n) is 5.70. The lowest BCUT2D eigenvalue weighted by Gasteiger charge is -2.19. The molecule has 0 aliphatic rings. The minimum atomic E-state index is -0.493. The van der Waals surface area contributed by atoms with Crippen LogP contribution in [0.5, 0.6) is 0 Å². The van der Waals surface area contributed by atoms with Crippen molar-refractivity contribution in [3.05, 3.63) is 16.1 Å². The van der Waals surface area contributed by atoms with Gasteiger partial charge in [-0.3, -0.25) is 4.79 Å². The van der Waals surface area contributed by atoms with Gasteiger partial charge in [-0.2, -0.15) is 0 Å². The van der Waals surface area contributed by atoms with E-state index in [-0.39, 0.29) is 5.78 Å². The molecule has 1 aromatic rings. The number of carbonyl (C=O) groups excluding carboxylic acids is 2. The largest absolute Gasteiger partial charge is 0.444 e. The van der Waals surface area contributed by atoms with E-state index >= 15 is 0 Å². The molecule has 0 aromatic carbocycles. The molecule has 0 aliphatic carbocycles. The van der Waals surface area contributed by atoms with Gasteiger partial charge in [0.25, 0.3) is 0 Å². The van der Waals surface area contributed by atoms with E-state index in [1.165, 1.54) is 18.3 Å². The molecule has 0 atom stereocenters. The Morgan fingerprint density at radius 2 is 2.11 bits per heavy atom. The van der Waals surface area contributed by atoms with Crippen molar-refractivity contribution >= 4 is 23.2 Å². The molecule has 5 nitrogen and oxygen atoms in total. The van der Waals surface area contributed by atoms with Crippen LogP contribution in [0, 0.1) is 0 Å². The first kappa shape index (κ1) is 14.6. The van der Waals surface area contributed by atoms with E-state index in [9.17, 15) is 9.59 Å². The Labute approximate surface area is 111 Å². The van der Waals surface area contributed by atoms with Crippen molar-refractivity contribution in [2.75, 3.05) is 6.54 Å². The molecule has 1 heterocycles. The molecule has 1 amide bonds. The normalized spacial score (nSPS) is 11.1. The minimum Gasteiger partial charge on any atom is -0.444 e. The lowest BCUT2D eigenvalue weighted by Crippen LogP contribution is -2.33. The molecule has 6 heteroatoms. The SMILES string of the molecule is CC(=O)c1csc(CCNC(=O)OC(C)(C)C)n1. The van der Waals surface area contributed by atoms with Gasteiger partial charge in [0.2, 0.25) is 0 Å². The van der Waals surface area contributed by atoms with Crippen LogP contribution in [0.2, 0.25) is 0 Å². The Hall–Kier alpha value is -1.43. The number of hydrogen-bond donors (Lipinski definition) is 1. The van der Waals surface area contributed by atoms with Crippen LogP contribution in [-0.4, -0.2) is 29.0 Å². The lowest BCUT2D eigenvalue weighted by molar-refractivity contribution is 0.0528. The number of ether oxygens (including phenoxy) is 1. The molecule has 0 bridgehead atoms. The highest BCUT2D eigenvalue weighted by atomic mass is 32.1. The number of thiazole rings is 1. The van der Waals surface area contributed by atoms with Gasteiger partial charge in [-0.1, -0.05) is 0 Å². The molecule has 1 N–H and O–H groups in total. The number of amides is 1. The Morgan fingerprint density at radius 1 is 1.44 bits per heavy atom. The van der Waals surface area contributed by atoms with Gasteiger partial charge >= 0.3 is 6.09 Å². The van der Waals surface area contributed by atoms with E-state index in [0.717, 1.165) is 5.01 Å². The Balaban J connectivity index is 2.33. The lowest BCUT2D eigenvalue weighted by atomic mass is 10.2. The van der Waals surface area contributed by atoms with E-state index in [4.69, 9.17) is 4.74 Å². The van der Waals surface area contributed by atoms with Crippen LogP contribution in [0.15, 0.2) is 5.38 Å². The molecule has 1 rings (SSSR count). The Morgan fingerprint density at radius 3 is 2.61 bits per heavy atom. The molecular weight excluding hydrogens is 252 g/mol. The van der Waals surface area contributed by atoms with Crippen molar-refractivity contribution in [1.82, 2.24) is 10.3 Å². The summed E-state index contributed by atoms with van der Waals surface area (Å²) >= 11 is 1.42. The predicted molar refractivity (Wildman–Crippen MR) is 70.1 cm³/mol. The summed E-state index contributed by atoms with van der Waals surface area (Å²) in [4.78, 5) is 26.6. The summed E-state index contributed by atoms with van der Waals surface area (Å²) in [6, 6.07) is 0. The molecular formula is C12H18N2O3S. The van der Waals surface area contributed by atoms with Crippen molar-refractivity contribution in [3.8, 4) is 0 Å². The third-order valence-corrected chi connectivity index (χ3v) is 2.83. The molecule has 0 saturated heterocycles. The van der Waals surface area contributed by atoms with E-state index in [2.05, 4.69) is 10.3 Å². The van der Waals surface area contributed by atoms with Crippen LogP contribution in [0.1, 0.15) is 43.2 Å². The second-order valence-electron chi connectivity index (χ2n) is 4.86.